The van der Waals surface area contributed by atoms with Gasteiger partial charge in [-0.2, -0.15) is 0 Å². The molecule has 0 unspecified atom stereocenters. The Balaban J connectivity index is 1.85. The Hall–Kier alpha value is -3.52. The molecule has 0 bridgehead atoms. The fraction of sp³-hybridized carbons (Fsp3) is 0.240. The van der Waals surface area contributed by atoms with Gasteiger partial charge in [-0.3, -0.25) is 9.10 Å². The Kier molecular flexibility index (Phi) is 7.60. The molecule has 0 radical (unpaired) electrons. The number of anilines is 1. The molecule has 7 nitrogen and oxygen atoms in total. The average molecular weight is 469 g/mol. The first-order valence-corrected chi connectivity index (χ1v) is 11.8. The number of aryl methyl sites for hydroxylation is 2. The lowest BCUT2D eigenvalue weighted by Gasteiger charge is -2.26. The van der Waals surface area contributed by atoms with E-state index < -0.39 is 15.9 Å². The summed E-state index contributed by atoms with van der Waals surface area (Å²) in [4.78, 5) is 13.0. The number of sulfonamides is 1. The van der Waals surface area contributed by atoms with E-state index in [1.54, 1.807) is 43.5 Å². The average Bonchev–Trinajstić information content (AvgIpc) is 2.82. The number of methoxy groups -OCH3 is 2. The number of carbonyl (C=O) groups is 1. The third kappa shape index (κ3) is 5.64. The van der Waals surface area contributed by atoms with Gasteiger partial charge in [-0.1, -0.05) is 42.0 Å². The largest absolute Gasteiger partial charge is 0.493 e. The molecule has 0 atom stereocenters. The molecule has 0 heterocycles. The van der Waals surface area contributed by atoms with Crippen molar-refractivity contribution >= 4 is 21.6 Å². The molecule has 8 heteroatoms. The maximum atomic E-state index is 13.4. The predicted octanol–water partition coefficient (Wildman–Crippen LogP) is 3.83. The van der Waals surface area contributed by atoms with Crippen molar-refractivity contribution in [1.29, 1.82) is 0 Å². The Morgan fingerprint density at radius 3 is 2.24 bits per heavy atom. The smallest absolute Gasteiger partial charge is 0.264 e. The number of nitrogens with zero attached hydrogens (tertiary/aromatic N) is 1. The van der Waals surface area contributed by atoms with Crippen molar-refractivity contribution in [2.45, 2.75) is 25.3 Å². The van der Waals surface area contributed by atoms with Gasteiger partial charge in [0.25, 0.3) is 10.0 Å². The molecular weight excluding hydrogens is 440 g/mol. The summed E-state index contributed by atoms with van der Waals surface area (Å²) in [6.07, 6.45) is 0. The van der Waals surface area contributed by atoms with Crippen molar-refractivity contribution in [3.05, 3.63) is 83.4 Å². The lowest BCUT2D eigenvalue weighted by Crippen LogP contribution is -2.41. The summed E-state index contributed by atoms with van der Waals surface area (Å²) in [5, 5.41) is 2.80. The number of hydrogen-bond donors (Lipinski definition) is 1. The van der Waals surface area contributed by atoms with Crippen LogP contribution in [0.5, 0.6) is 11.5 Å². The van der Waals surface area contributed by atoms with Crippen LogP contribution in [-0.4, -0.2) is 35.1 Å². The molecule has 0 spiro atoms. The number of rotatable bonds is 9. The van der Waals surface area contributed by atoms with Crippen molar-refractivity contribution in [3.8, 4) is 11.5 Å². The molecule has 0 aliphatic heterocycles. The molecule has 0 saturated carbocycles. The van der Waals surface area contributed by atoms with Crippen LogP contribution >= 0.6 is 0 Å². The van der Waals surface area contributed by atoms with Crippen LogP contribution in [0.2, 0.25) is 0 Å². The molecule has 1 amide bonds. The van der Waals surface area contributed by atoms with Gasteiger partial charge in [-0.25, -0.2) is 8.42 Å². The summed E-state index contributed by atoms with van der Waals surface area (Å²) in [6.45, 7) is 3.62. The fourth-order valence-corrected chi connectivity index (χ4v) is 4.99. The Labute approximate surface area is 195 Å². The number of benzene rings is 3. The first-order valence-electron chi connectivity index (χ1n) is 10.4. The summed E-state index contributed by atoms with van der Waals surface area (Å²) >= 11 is 0. The second kappa shape index (κ2) is 10.4. The predicted molar refractivity (Wildman–Crippen MR) is 128 cm³/mol. The zero-order chi connectivity index (χ0) is 24.0. The molecule has 0 fully saturated rings. The SMILES string of the molecule is COc1ccc(CNC(=O)CN(c2ccc(C)cc2C)S(=O)(=O)c2ccccc2)cc1OC. The number of amides is 1. The highest BCUT2D eigenvalue weighted by Crippen LogP contribution is 2.28. The number of hydrogen-bond acceptors (Lipinski definition) is 5. The highest BCUT2D eigenvalue weighted by atomic mass is 32.2. The zero-order valence-electron chi connectivity index (χ0n) is 19.2. The summed E-state index contributed by atoms with van der Waals surface area (Å²) in [5.41, 5.74) is 3.03. The Bertz CT molecular complexity index is 1230. The van der Waals surface area contributed by atoms with Crippen molar-refractivity contribution in [2.24, 2.45) is 0 Å². The summed E-state index contributed by atoms with van der Waals surface area (Å²) < 4.78 is 38.6. The summed E-state index contributed by atoms with van der Waals surface area (Å²) in [5.74, 6) is 0.708. The minimum absolute atomic E-state index is 0.123. The highest BCUT2D eigenvalue weighted by molar-refractivity contribution is 7.92. The van der Waals surface area contributed by atoms with Crippen LogP contribution in [0.1, 0.15) is 16.7 Å². The van der Waals surface area contributed by atoms with Gasteiger partial charge in [0.15, 0.2) is 11.5 Å². The van der Waals surface area contributed by atoms with Gasteiger partial charge in [-0.05, 0) is 55.3 Å². The van der Waals surface area contributed by atoms with E-state index in [1.165, 1.54) is 19.2 Å². The lowest BCUT2D eigenvalue weighted by atomic mass is 10.1. The maximum Gasteiger partial charge on any atom is 0.264 e. The molecule has 0 aliphatic rings. The summed E-state index contributed by atoms with van der Waals surface area (Å²) in [6, 6.07) is 18.9. The van der Waals surface area contributed by atoms with Gasteiger partial charge in [0.1, 0.15) is 6.54 Å². The third-order valence-corrected chi connectivity index (χ3v) is 6.95. The van der Waals surface area contributed by atoms with E-state index in [1.807, 2.05) is 32.0 Å². The van der Waals surface area contributed by atoms with Gasteiger partial charge in [0.2, 0.25) is 5.91 Å². The van der Waals surface area contributed by atoms with Crippen LogP contribution in [-0.2, 0) is 21.4 Å². The van der Waals surface area contributed by atoms with Crippen LogP contribution in [0.15, 0.2) is 71.6 Å². The molecule has 3 aromatic rings. The molecular formula is C25H28N2O5S. The van der Waals surface area contributed by atoms with Gasteiger partial charge in [-0.15, -0.1) is 0 Å². The standard InChI is InChI=1S/C25H28N2O5S/c1-18-10-12-22(19(2)14-18)27(33(29,30)21-8-6-5-7-9-21)17-25(28)26-16-20-11-13-23(31-3)24(15-20)32-4/h5-15H,16-17H2,1-4H3,(H,26,28). The maximum absolute atomic E-state index is 13.4. The van der Waals surface area contributed by atoms with E-state index in [2.05, 4.69) is 5.32 Å². The number of nitrogens with one attached hydrogen (secondary N) is 1. The quantitative estimate of drug-likeness (QED) is 0.516. The van der Waals surface area contributed by atoms with Gasteiger partial charge in [0, 0.05) is 6.54 Å². The van der Waals surface area contributed by atoms with Gasteiger partial charge < -0.3 is 14.8 Å². The fourth-order valence-electron chi connectivity index (χ4n) is 3.48. The summed E-state index contributed by atoms with van der Waals surface area (Å²) in [7, 11) is -0.863. The van der Waals surface area contributed by atoms with E-state index in [4.69, 9.17) is 9.47 Å². The van der Waals surface area contributed by atoms with Crippen LogP contribution < -0.4 is 19.1 Å². The molecule has 3 aromatic carbocycles. The molecule has 1 N–H and O–H groups in total. The van der Waals surface area contributed by atoms with Gasteiger partial charge >= 0.3 is 0 Å². The van der Waals surface area contributed by atoms with E-state index in [-0.39, 0.29) is 18.0 Å². The number of ether oxygens (including phenoxy) is 2. The van der Waals surface area contributed by atoms with E-state index in [9.17, 15) is 13.2 Å². The molecule has 0 aromatic heterocycles. The first-order chi connectivity index (χ1) is 15.8. The van der Waals surface area contributed by atoms with E-state index in [0.29, 0.717) is 17.2 Å². The van der Waals surface area contributed by atoms with Crippen molar-refractivity contribution in [2.75, 3.05) is 25.1 Å². The zero-order valence-corrected chi connectivity index (χ0v) is 20.0. The van der Waals surface area contributed by atoms with Crippen molar-refractivity contribution in [3.63, 3.8) is 0 Å². The van der Waals surface area contributed by atoms with Crippen molar-refractivity contribution < 1.29 is 22.7 Å². The minimum Gasteiger partial charge on any atom is -0.493 e. The van der Waals surface area contributed by atoms with Crippen LogP contribution in [0.3, 0.4) is 0 Å². The van der Waals surface area contributed by atoms with Crippen molar-refractivity contribution in [1.82, 2.24) is 5.32 Å². The monoisotopic (exact) mass is 468 g/mol. The second-order valence-corrected chi connectivity index (χ2v) is 9.44. The molecule has 174 valence electrons. The van der Waals surface area contributed by atoms with E-state index in [0.717, 1.165) is 21.0 Å². The molecule has 33 heavy (non-hydrogen) atoms. The minimum atomic E-state index is -3.95. The number of carbonyl (C=O) groups excluding carboxylic acids is 1. The first kappa shape index (κ1) is 24.1. The second-order valence-electron chi connectivity index (χ2n) is 7.58. The topological polar surface area (TPSA) is 84.9 Å². The van der Waals surface area contributed by atoms with Crippen LogP contribution in [0.4, 0.5) is 5.69 Å². The molecule has 0 aliphatic carbocycles. The molecule has 3 rings (SSSR count). The third-order valence-electron chi connectivity index (χ3n) is 5.18. The van der Waals surface area contributed by atoms with Crippen LogP contribution in [0, 0.1) is 13.8 Å². The lowest BCUT2D eigenvalue weighted by molar-refractivity contribution is -0.119. The Morgan fingerprint density at radius 1 is 0.909 bits per heavy atom. The molecule has 0 saturated heterocycles. The highest BCUT2D eigenvalue weighted by Gasteiger charge is 2.28. The van der Waals surface area contributed by atoms with Crippen LogP contribution in [0.25, 0.3) is 0 Å². The normalized spacial score (nSPS) is 11.0. The van der Waals surface area contributed by atoms with Gasteiger partial charge in [0.05, 0.1) is 24.8 Å². The van der Waals surface area contributed by atoms with E-state index >= 15 is 0 Å². The Morgan fingerprint density at radius 2 is 1.61 bits per heavy atom.